The summed E-state index contributed by atoms with van der Waals surface area (Å²) in [4.78, 5) is 35.2. The van der Waals surface area contributed by atoms with Crippen LogP contribution < -0.4 is 0 Å². The predicted molar refractivity (Wildman–Crippen MR) is 60.4 cm³/mol. The van der Waals surface area contributed by atoms with Crippen LogP contribution in [0.2, 0.25) is 0 Å². The van der Waals surface area contributed by atoms with Crippen molar-refractivity contribution < 1.29 is 19.1 Å². The Bertz CT molecular complexity index is 404. The fourth-order valence-corrected chi connectivity index (χ4v) is 1.31. The number of carbonyl (C=O) groups is 2. The van der Waals surface area contributed by atoms with Gasteiger partial charge >= 0.3 is 11.9 Å². The molecule has 0 aliphatic heterocycles. The lowest BCUT2D eigenvalue weighted by molar-refractivity contribution is -0.164. The number of esters is 2. The van der Waals surface area contributed by atoms with Gasteiger partial charge in [-0.05, 0) is 20.8 Å². The van der Waals surface area contributed by atoms with Crippen LogP contribution >= 0.6 is 0 Å². The Labute approximate surface area is 105 Å². The van der Waals surface area contributed by atoms with Gasteiger partial charge in [-0.1, -0.05) is 0 Å². The summed E-state index contributed by atoms with van der Waals surface area (Å²) in [5, 5.41) is 0. The normalized spacial score (nSPS) is 10.8. The number of hydrogen-bond donors (Lipinski definition) is 0. The second-order valence-electron chi connectivity index (χ2n) is 3.53. The maximum atomic E-state index is 12.0. The van der Waals surface area contributed by atoms with Gasteiger partial charge in [-0.2, -0.15) is 0 Å². The van der Waals surface area contributed by atoms with E-state index in [1.54, 1.807) is 13.8 Å². The Morgan fingerprint density at radius 3 is 1.94 bits per heavy atom. The summed E-state index contributed by atoms with van der Waals surface area (Å²) in [7, 11) is 0. The van der Waals surface area contributed by atoms with E-state index in [0.717, 1.165) is 0 Å². The SMILES string of the molecule is CCOC(=O)C(C)(C(=O)OCC)c1ncncn1. The summed E-state index contributed by atoms with van der Waals surface area (Å²) >= 11 is 0. The van der Waals surface area contributed by atoms with E-state index in [4.69, 9.17) is 9.47 Å². The molecule has 0 saturated heterocycles. The topological polar surface area (TPSA) is 91.3 Å². The first-order valence-electron chi connectivity index (χ1n) is 5.54. The van der Waals surface area contributed by atoms with Crippen LogP contribution in [0.1, 0.15) is 26.6 Å². The van der Waals surface area contributed by atoms with E-state index in [2.05, 4.69) is 15.0 Å². The van der Waals surface area contributed by atoms with Gasteiger partial charge in [0.2, 0.25) is 5.41 Å². The summed E-state index contributed by atoms with van der Waals surface area (Å²) in [6.07, 6.45) is 2.41. The molecule has 7 heteroatoms. The third-order valence-corrected chi connectivity index (χ3v) is 2.31. The van der Waals surface area contributed by atoms with Crippen LogP contribution in [0.5, 0.6) is 0 Å². The maximum Gasteiger partial charge on any atom is 0.331 e. The average molecular weight is 253 g/mol. The molecule has 0 radical (unpaired) electrons. The second-order valence-corrected chi connectivity index (χ2v) is 3.53. The molecule has 0 saturated carbocycles. The summed E-state index contributed by atoms with van der Waals surface area (Å²) in [5.74, 6) is -1.47. The molecule has 1 aromatic rings. The van der Waals surface area contributed by atoms with Gasteiger partial charge in [-0.25, -0.2) is 15.0 Å². The van der Waals surface area contributed by atoms with Crippen molar-refractivity contribution in [3.8, 4) is 0 Å². The summed E-state index contributed by atoms with van der Waals surface area (Å²) in [6.45, 7) is 4.98. The van der Waals surface area contributed by atoms with Gasteiger partial charge in [-0.15, -0.1) is 0 Å². The second kappa shape index (κ2) is 6.04. The Morgan fingerprint density at radius 1 is 1.11 bits per heavy atom. The first-order chi connectivity index (χ1) is 8.57. The van der Waals surface area contributed by atoms with Crippen LogP contribution in [-0.4, -0.2) is 40.1 Å². The standard InChI is InChI=1S/C11H15N3O4/c1-4-17-9(15)11(3,10(16)18-5-2)8-13-6-12-7-14-8/h6-7H,4-5H2,1-3H3. The van der Waals surface area contributed by atoms with Crippen molar-refractivity contribution in [2.24, 2.45) is 0 Å². The zero-order chi connectivity index (χ0) is 13.6. The molecule has 1 aromatic heterocycles. The maximum absolute atomic E-state index is 12.0. The third-order valence-electron chi connectivity index (χ3n) is 2.31. The lowest BCUT2D eigenvalue weighted by Crippen LogP contribution is -2.45. The quantitative estimate of drug-likeness (QED) is 0.548. The molecule has 0 unspecified atom stereocenters. The van der Waals surface area contributed by atoms with Gasteiger partial charge in [-0.3, -0.25) is 9.59 Å². The van der Waals surface area contributed by atoms with E-state index in [-0.39, 0.29) is 19.0 Å². The van der Waals surface area contributed by atoms with Crippen molar-refractivity contribution in [3.63, 3.8) is 0 Å². The van der Waals surface area contributed by atoms with Gasteiger partial charge in [0, 0.05) is 0 Å². The monoisotopic (exact) mass is 253 g/mol. The minimum Gasteiger partial charge on any atom is -0.465 e. The number of hydrogen-bond acceptors (Lipinski definition) is 7. The fourth-order valence-electron chi connectivity index (χ4n) is 1.31. The van der Waals surface area contributed by atoms with E-state index >= 15 is 0 Å². The molecule has 1 rings (SSSR count). The molecule has 18 heavy (non-hydrogen) atoms. The summed E-state index contributed by atoms with van der Waals surface area (Å²) < 4.78 is 9.78. The molecule has 0 bridgehead atoms. The van der Waals surface area contributed by atoms with Crippen molar-refractivity contribution in [2.45, 2.75) is 26.2 Å². The molecule has 0 amide bonds. The zero-order valence-electron chi connectivity index (χ0n) is 10.5. The molecule has 0 fully saturated rings. The Hall–Kier alpha value is -2.05. The molecule has 0 atom stereocenters. The minimum atomic E-state index is -1.67. The smallest absolute Gasteiger partial charge is 0.331 e. The number of ether oxygens (including phenoxy) is 2. The molecule has 0 aliphatic rings. The first-order valence-corrected chi connectivity index (χ1v) is 5.54. The lowest BCUT2D eigenvalue weighted by atomic mass is 9.89. The number of rotatable bonds is 5. The van der Waals surface area contributed by atoms with E-state index in [9.17, 15) is 9.59 Å². The van der Waals surface area contributed by atoms with Gasteiger partial charge in [0.05, 0.1) is 13.2 Å². The molecule has 0 aromatic carbocycles. The van der Waals surface area contributed by atoms with Crippen LogP contribution in [0.3, 0.4) is 0 Å². The predicted octanol–water partition coefficient (Wildman–Crippen LogP) is 0.255. The average Bonchev–Trinajstić information content (AvgIpc) is 2.39. The molecular weight excluding hydrogens is 238 g/mol. The molecule has 98 valence electrons. The lowest BCUT2D eigenvalue weighted by Gasteiger charge is -2.22. The highest BCUT2D eigenvalue weighted by Crippen LogP contribution is 2.23. The van der Waals surface area contributed by atoms with E-state index in [1.165, 1.54) is 19.6 Å². The summed E-state index contributed by atoms with van der Waals surface area (Å²) in [6, 6.07) is 0. The molecule has 1 heterocycles. The van der Waals surface area contributed by atoms with Crippen LogP contribution in [-0.2, 0) is 24.5 Å². The highest BCUT2D eigenvalue weighted by molar-refractivity contribution is 6.05. The molecule has 0 N–H and O–H groups in total. The number of aromatic nitrogens is 3. The van der Waals surface area contributed by atoms with Crippen molar-refractivity contribution >= 4 is 11.9 Å². The molecule has 0 spiro atoms. The van der Waals surface area contributed by atoms with Crippen LogP contribution in [0.4, 0.5) is 0 Å². The van der Waals surface area contributed by atoms with Crippen LogP contribution in [0.15, 0.2) is 12.7 Å². The number of nitrogens with zero attached hydrogens (tertiary/aromatic N) is 3. The minimum absolute atomic E-state index is 0.00870. The van der Waals surface area contributed by atoms with Gasteiger partial charge < -0.3 is 9.47 Å². The Morgan fingerprint density at radius 2 is 1.56 bits per heavy atom. The largest absolute Gasteiger partial charge is 0.465 e. The number of carbonyl (C=O) groups excluding carboxylic acids is 2. The Kier molecular flexibility index (Phi) is 4.70. The highest BCUT2D eigenvalue weighted by atomic mass is 16.6. The van der Waals surface area contributed by atoms with Crippen LogP contribution in [0.25, 0.3) is 0 Å². The summed E-state index contributed by atoms with van der Waals surface area (Å²) in [5.41, 5.74) is -1.67. The van der Waals surface area contributed by atoms with Gasteiger partial charge in [0.1, 0.15) is 12.7 Å². The highest BCUT2D eigenvalue weighted by Gasteiger charge is 2.48. The van der Waals surface area contributed by atoms with Crippen LogP contribution in [0, 0.1) is 0 Å². The first kappa shape index (κ1) is 14.0. The van der Waals surface area contributed by atoms with Gasteiger partial charge in [0.15, 0.2) is 5.82 Å². The molecule has 7 nitrogen and oxygen atoms in total. The van der Waals surface area contributed by atoms with E-state index in [1.807, 2.05) is 0 Å². The molecular formula is C11H15N3O4. The van der Waals surface area contributed by atoms with Gasteiger partial charge in [0.25, 0.3) is 0 Å². The van der Waals surface area contributed by atoms with Crippen molar-refractivity contribution in [2.75, 3.05) is 13.2 Å². The van der Waals surface area contributed by atoms with E-state index < -0.39 is 17.4 Å². The van der Waals surface area contributed by atoms with E-state index in [0.29, 0.717) is 0 Å². The van der Waals surface area contributed by atoms with Crippen molar-refractivity contribution in [1.82, 2.24) is 15.0 Å². The van der Waals surface area contributed by atoms with Crippen molar-refractivity contribution in [1.29, 1.82) is 0 Å². The van der Waals surface area contributed by atoms with Crippen molar-refractivity contribution in [3.05, 3.63) is 18.5 Å². The Balaban J connectivity index is 3.17. The molecule has 0 aliphatic carbocycles. The third kappa shape index (κ3) is 2.61. The fraction of sp³-hybridized carbons (Fsp3) is 0.545. The zero-order valence-corrected chi connectivity index (χ0v) is 10.5.